The van der Waals surface area contributed by atoms with Gasteiger partial charge in [0, 0.05) is 19.0 Å². The molecular formula is C24H30FNO5S. The first-order chi connectivity index (χ1) is 14.9. The van der Waals surface area contributed by atoms with E-state index in [-0.39, 0.29) is 35.7 Å². The van der Waals surface area contributed by atoms with Crippen LogP contribution in [0.2, 0.25) is 0 Å². The minimum absolute atomic E-state index is 0.0810. The van der Waals surface area contributed by atoms with Crippen molar-refractivity contribution in [1.82, 2.24) is 4.90 Å². The highest BCUT2D eigenvalue weighted by Crippen LogP contribution is 2.34. The van der Waals surface area contributed by atoms with E-state index in [1.807, 2.05) is 6.92 Å². The molecule has 2 unspecified atom stereocenters. The number of nitrogens with zero attached hydrogens (tertiary/aromatic N) is 1. The van der Waals surface area contributed by atoms with E-state index in [1.54, 1.807) is 49.9 Å². The summed E-state index contributed by atoms with van der Waals surface area (Å²) in [6.45, 7) is 7.90. The zero-order valence-electron chi connectivity index (χ0n) is 18.9. The molecule has 0 saturated carbocycles. The van der Waals surface area contributed by atoms with Crippen molar-refractivity contribution in [1.29, 1.82) is 0 Å². The molecule has 2 atom stereocenters. The Hall–Kier alpha value is -2.45. The maximum absolute atomic E-state index is 13.4. The van der Waals surface area contributed by atoms with Crippen LogP contribution in [0.3, 0.4) is 0 Å². The molecule has 174 valence electrons. The maximum atomic E-state index is 13.4. The van der Waals surface area contributed by atoms with Gasteiger partial charge < -0.3 is 9.64 Å². The van der Waals surface area contributed by atoms with Gasteiger partial charge in [-0.2, -0.15) is 8.42 Å². The number of halogens is 1. The van der Waals surface area contributed by atoms with Gasteiger partial charge in [-0.05, 0) is 69.9 Å². The molecule has 1 aliphatic heterocycles. The number of ether oxygens (including phenoxy) is 1. The van der Waals surface area contributed by atoms with Crippen molar-refractivity contribution in [2.75, 3.05) is 19.7 Å². The molecule has 1 amide bonds. The molecule has 1 fully saturated rings. The van der Waals surface area contributed by atoms with Crippen molar-refractivity contribution < 1.29 is 26.5 Å². The normalized spacial score (nSPS) is 19.6. The lowest BCUT2D eigenvalue weighted by Gasteiger charge is -2.39. The highest BCUT2D eigenvalue weighted by Gasteiger charge is 2.35. The molecule has 0 bridgehead atoms. The van der Waals surface area contributed by atoms with Crippen molar-refractivity contribution in [3.05, 3.63) is 65.5 Å². The Bertz CT molecular complexity index is 1030. The molecule has 0 radical (unpaired) electrons. The molecule has 1 aliphatic rings. The minimum Gasteiger partial charge on any atom is -0.444 e. The highest BCUT2D eigenvalue weighted by molar-refractivity contribution is 7.86. The SMILES string of the molecule is Cc1ccc(S(=O)(=O)OCC2CN(C(=O)OC(C)(C)C)CCC2c2ccc(F)cc2)cc1. The predicted octanol–water partition coefficient (Wildman–Crippen LogP) is 4.88. The zero-order valence-corrected chi connectivity index (χ0v) is 19.7. The largest absolute Gasteiger partial charge is 0.444 e. The molecule has 0 N–H and O–H groups in total. The van der Waals surface area contributed by atoms with E-state index in [4.69, 9.17) is 8.92 Å². The van der Waals surface area contributed by atoms with Gasteiger partial charge in [-0.3, -0.25) is 4.18 Å². The van der Waals surface area contributed by atoms with Gasteiger partial charge >= 0.3 is 6.09 Å². The van der Waals surface area contributed by atoms with E-state index < -0.39 is 21.8 Å². The lowest BCUT2D eigenvalue weighted by Crippen LogP contribution is -2.46. The summed E-state index contributed by atoms with van der Waals surface area (Å²) in [7, 11) is -3.95. The smallest absolute Gasteiger partial charge is 0.410 e. The quantitative estimate of drug-likeness (QED) is 0.591. The number of rotatable bonds is 5. The predicted molar refractivity (Wildman–Crippen MR) is 119 cm³/mol. The molecule has 2 aromatic rings. The molecule has 0 aliphatic carbocycles. The topological polar surface area (TPSA) is 72.9 Å². The average molecular weight is 464 g/mol. The van der Waals surface area contributed by atoms with Gasteiger partial charge in [-0.25, -0.2) is 9.18 Å². The van der Waals surface area contributed by atoms with Crippen molar-refractivity contribution in [2.24, 2.45) is 5.92 Å². The van der Waals surface area contributed by atoms with E-state index >= 15 is 0 Å². The number of aryl methyl sites for hydroxylation is 1. The second kappa shape index (κ2) is 9.58. The first kappa shape index (κ1) is 24.2. The third-order valence-electron chi connectivity index (χ3n) is 5.43. The number of likely N-dealkylation sites (tertiary alicyclic amines) is 1. The average Bonchev–Trinajstić information content (AvgIpc) is 2.72. The molecule has 6 nitrogen and oxygen atoms in total. The number of benzene rings is 2. The first-order valence-corrected chi connectivity index (χ1v) is 12.0. The molecule has 1 heterocycles. The van der Waals surface area contributed by atoms with Crippen LogP contribution in [-0.4, -0.2) is 44.7 Å². The van der Waals surface area contributed by atoms with Crippen molar-refractivity contribution >= 4 is 16.2 Å². The van der Waals surface area contributed by atoms with Crippen LogP contribution in [0.15, 0.2) is 53.4 Å². The van der Waals surface area contributed by atoms with E-state index in [2.05, 4.69) is 0 Å². The number of piperidine rings is 1. The van der Waals surface area contributed by atoms with Crippen LogP contribution in [0.5, 0.6) is 0 Å². The molecule has 1 saturated heterocycles. The maximum Gasteiger partial charge on any atom is 0.410 e. The van der Waals surface area contributed by atoms with Gasteiger partial charge in [0.1, 0.15) is 11.4 Å². The third kappa shape index (κ3) is 6.29. The summed E-state index contributed by atoms with van der Waals surface area (Å²) in [5, 5.41) is 0. The number of hydrogen-bond donors (Lipinski definition) is 0. The van der Waals surface area contributed by atoms with Crippen molar-refractivity contribution in [3.63, 3.8) is 0 Å². The Balaban J connectivity index is 1.79. The Morgan fingerprint density at radius 1 is 1.09 bits per heavy atom. The summed E-state index contributed by atoms with van der Waals surface area (Å²) in [6.07, 6.45) is 0.144. The molecule has 8 heteroatoms. The first-order valence-electron chi connectivity index (χ1n) is 10.6. The number of carbonyl (C=O) groups is 1. The summed E-state index contributed by atoms with van der Waals surface area (Å²) < 4.78 is 49.7. The van der Waals surface area contributed by atoms with Crippen LogP contribution >= 0.6 is 0 Å². The molecule has 2 aromatic carbocycles. The summed E-state index contributed by atoms with van der Waals surface area (Å²) in [6, 6.07) is 12.6. The standard InChI is InChI=1S/C24H30FNO5S/c1-17-5-11-21(12-6-17)32(28,29)30-16-19-15-26(23(27)31-24(2,3)4)14-13-22(19)18-7-9-20(25)10-8-18/h5-12,19,22H,13-16H2,1-4H3. The van der Waals surface area contributed by atoms with Crippen LogP contribution in [0.4, 0.5) is 9.18 Å². The van der Waals surface area contributed by atoms with Gasteiger partial charge in [-0.1, -0.05) is 29.8 Å². The van der Waals surface area contributed by atoms with E-state index in [1.165, 1.54) is 24.3 Å². The lowest BCUT2D eigenvalue weighted by atomic mass is 9.81. The Kier molecular flexibility index (Phi) is 7.25. The molecular weight excluding hydrogens is 433 g/mol. The monoisotopic (exact) mass is 463 g/mol. The fourth-order valence-electron chi connectivity index (χ4n) is 3.79. The van der Waals surface area contributed by atoms with Gasteiger partial charge in [0.15, 0.2) is 0 Å². The Labute approximate surface area is 189 Å². The second-order valence-corrected chi connectivity index (χ2v) is 10.8. The van der Waals surface area contributed by atoms with E-state index in [0.717, 1.165) is 11.1 Å². The van der Waals surface area contributed by atoms with Crippen LogP contribution in [0.25, 0.3) is 0 Å². The van der Waals surface area contributed by atoms with Gasteiger partial charge in [0.25, 0.3) is 10.1 Å². The zero-order chi connectivity index (χ0) is 23.5. The fourth-order valence-corrected chi connectivity index (χ4v) is 4.75. The Morgan fingerprint density at radius 2 is 1.72 bits per heavy atom. The van der Waals surface area contributed by atoms with Gasteiger partial charge in [-0.15, -0.1) is 0 Å². The van der Waals surface area contributed by atoms with E-state index in [9.17, 15) is 17.6 Å². The van der Waals surface area contributed by atoms with Crippen LogP contribution in [0, 0.1) is 18.7 Å². The van der Waals surface area contributed by atoms with Gasteiger partial charge in [0.2, 0.25) is 0 Å². The number of amides is 1. The number of carbonyl (C=O) groups excluding carboxylic acids is 1. The van der Waals surface area contributed by atoms with Gasteiger partial charge in [0.05, 0.1) is 11.5 Å². The summed E-state index contributed by atoms with van der Waals surface area (Å²) in [5.74, 6) is -0.723. The minimum atomic E-state index is -3.95. The van der Waals surface area contributed by atoms with Crippen LogP contribution in [0.1, 0.15) is 44.2 Å². The Morgan fingerprint density at radius 3 is 2.31 bits per heavy atom. The van der Waals surface area contributed by atoms with Crippen LogP contribution in [-0.2, 0) is 19.0 Å². The third-order valence-corrected chi connectivity index (χ3v) is 6.73. The fraction of sp³-hybridized carbons (Fsp3) is 0.458. The molecule has 32 heavy (non-hydrogen) atoms. The highest BCUT2D eigenvalue weighted by atomic mass is 32.2. The number of hydrogen-bond acceptors (Lipinski definition) is 5. The van der Waals surface area contributed by atoms with Crippen LogP contribution < -0.4 is 0 Å². The second-order valence-electron chi connectivity index (χ2n) is 9.18. The summed E-state index contributed by atoms with van der Waals surface area (Å²) >= 11 is 0. The lowest BCUT2D eigenvalue weighted by molar-refractivity contribution is 0.0114. The summed E-state index contributed by atoms with van der Waals surface area (Å²) in [4.78, 5) is 14.3. The van der Waals surface area contributed by atoms with Crippen molar-refractivity contribution in [3.8, 4) is 0 Å². The summed E-state index contributed by atoms with van der Waals surface area (Å²) in [5.41, 5.74) is 1.20. The molecule has 0 aromatic heterocycles. The van der Waals surface area contributed by atoms with Crippen molar-refractivity contribution in [2.45, 2.75) is 50.5 Å². The molecule has 3 rings (SSSR count). The van der Waals surface area contributed by atoms with E-state index in [0.29, 0.717) is 13.0 Å². The molecule has 0 spiro atoms.